The van der Waals surface area contributed by atoms with Crippen molar-refractivity contribution in [2.45, 2.75) is 115 Å². The zero-order valence-corrected chi connectivity index (χ0v) is 37.5. The lowest BCUT2D eigenvalue weighted by molar-refractivity contribution is 0.0512. The van der Waals surface area contributed by atoms with E-state index in [9.17, 15) is 13.5 Å². The number of aryl methyl sites for hydroxylation is 2. The second kappa shape index (κ2) is 28.1. The first-order chi connectivity index (χ1) is 25.9. The molecule has 2 aliphatic rings. The highest BCUT2D eigenvalue weighted by Crippen LogP contribution is 2.18. The van der Waals surface area contributed by atoms with Crippen LogP contribution >= 0.6 is 11.8 Å². The molecule has 0 aliphatic carbocycles. The van der Waals surface area contributed by atoms with Gasteiger partial charge in [0.1, 0.15) is 19.0 Å². The molecule has 2 aliphatic heterocycles. The number of aromatic nitrogens is 3. The summed E-state index contributed by atoms with van der Waals surface area (Å²) in [6.07, 6.45) is 2.92. The summed E-state index contributed by atoms with van der Waals surface area (Å²) in [5, 5.41) is 16.8. The Bertz CT molecular complexity index is 1440. The SMILES string of the molecule is CC(C)C(O)c1ncco1.CC(C)CN1CCS(=O)(=O)CC1.CC(C)CN1CCSCC1.Cc1ccc(COC(C)C)cc1.Cc1nnc(COC(C)C)o1. The van der Waals surface area contributed by atoms with E-state index in [0.29, 0.717) is 47.8 Å². The number of ether oxygens (including phenoxy) is 2. The largest absolute Gasteiger partial charge is 0.446 e. The van der Waals surface area contributed by atoms with Gasteiger partial charge < -0.3 is 33.2 Å². The summed E-state index contributed by atoms with van der Waals surface area (Å²) in [5.41, 5.74) is 2.54. The number of rotatable bonds is 12. The molecule has 1 unspecified atom stereocenters. The minimum atomic E-state index is -2.69. The number of aliphatic hydroxyl groups excluding tert-OH is 1. The molecule has 4 heterocycles. The van der Waals surface area contributed by atoms with Crippen LogP contribution in [-0.4, -0.2) is 113 Å². The van der Waals surface area contributed by atoms with Gasteiger partial charge in [-0.1, -0.05) is 71.4 Å². The Morgan fingerprint density at radius 3 is 1.75 bits per heavy atom. The maximum absolute atomic E-state index is 11.1. The average Bonchev–Trinajstić information content (AvgIpc) is 3.81. The number of oxazole rings is 1. The van der Waals surface area contributed by atoms with Crippen LogP contribution in [0, 0.1) is 31.6 Å². The number of nitrogens with zero attached hydrogens (tertiary/aromatic N) is 5. The minimum absolute atomic E-state index is 0.152. The molecule has 1 aromatic carbocycles. The number of hydrogen-bond donors (Lipinski definition) is 1. The molecule has 2 fully saturated rings. The van der Waals surface area contributed by atoms with Gasteiger partial charge in [-0.25, -0.2) is 13.4 Å². The van der Waals surface area contributed by atoms with Crippen molar-refractivity contribution >= 4 is 21.6 Å². The van der Waals surface area contributed by atoms with Gasteiger partial charge in [0.25, 0.3) is 0 Å². The zero-order chi connectivity index (χ0) is 41.4. The molecule has 5 rings (SSSR count). The fraction of sp³-hybridized carbons (Fsp3) is 0.732. The number of thioether (sulfide) groups is 1. The highest BCUT2D eigenvalue weighted by molar-refractivity contribution is 7.99. The van der Waals surface area contributed by atoms with Crippen molar-refractivity contribution in [2.24, 2.45) is 17.8 Å². The zero-order valence-electron chi connectivity index (χ0n) is 35.9. The Morgan fingerprint density at radius 2 is 1.31 bits per heavy atom. The van der Waals surface area contributed by atoms with E-state index in [2.05, 4.69) is 95.6 Å². The van der Waals surface area contributed by atoms with E-state index in [-0.39, 0.29) is 12.0 Å². The first kappa shape index (κ1) is 50.7. The first-order valence-corrected chi connectivity index (χ1v) is 22.7. The summed E-state index contributed by atoms with van der Waals surface area (Å²) in [7, 11) is -2.69. The predicted molar refractivity (Wildman–Crippen MR) is 225 cm³/mol. The molecule has 0 radical (unpaired) electrons. The van der Waals surface area contributed by atoms with Gasteiger partial charge in [-0.05, 0) is 57.9 Å². The second-order valence-corrected chi connectivity index (χ2v) is 19.2. The third kappa shape index (κ3) is 26.3. The second-order valence-electron chi connectivity index (χ2n) is 15.6. The first-order valence-electron chi connectivity index (χ1n) is 19.7. The molecule has 0 bridgehead atoms. The molecule has 316 valence electrons. The molecule has 3 aromatic rings. The maximum Gasteiger partial charge on any atom is 0.242 e. The van der Waals surface area contributed by atoms with Gasteiger partial charge in [-0.3, -0.25) is 0 Å². The van der Waals surface area contributed by atoms with E-state index in [1.54, 1.807) is 6.92 Å². The normalized spacial score (nSPS) is 16.4. The van der Waals surface area contributed by atoms with Crippen LogP contribution in [0.5, 0.6) is 0 Å². The van der Waals surface area contributed by atoms with E-state index in [0.717, 1.165) is 32.2 Å². The Hall–Kier alpha value is -2.33. The fourth-order valence-corrected chi connectivity index (χ4v) is 7.25. The van der Waals surface area contributed by atoms with Crippen LogP contribution in [0.15, 0.2) is 45.6 Å². The van der Waals surface area contributed by atoms with E-state index in [1.165, 1.54) is 54.7 Å². The molecule has 14 heteroatoms. The van der Waals surface area contributed by atoms with E-state index in [4.69, 9.17) is 18.3 Å². The molecule has 2 saturated heterocycles. The van der Waals surface area contributed by atoms with Gasteiger partial charge >= 0.3 is 0 Å². The Morgan fingerprint density at radius 1 is 0.782 bits per heavy atom. The molecular weight excluding hydrogens is 739 g/mol. The predicted octanol–water partition coefficient (Wildman–Crippen LogP) is 7.65. The summed E-state index contributed by atoms with van der Waals surface area (Å²) in [6, 6.07) is 8.44. The Kier molecular flexibility index (Phi) is 25.9. The van der Waals surface area contributed by atoms with Gasteiger partial charge in [-0.2, -0.15) is 11.8 Å². The molecule has 0 spiro atoms. The summed E-state index contributed by atoms with van der Waals surface area (Å²) >= 11 is 2.08. The topological polar surface area (TPSA) is 144 Å². The van der Waals surface area contributed by atoms with Crippen molar-refractivity contribution in [1.29, 1.82) is 0 Å². The van der Waals surface area contributed by atoms with E-state index < -0.39 is 15.9 Å². The molecule has 1 atom stereocenters. The van der Waals surface area contributed by atoms with Crippen molar-refractivity contribution in [3.8, 4) is 0 Å². The summed E-state index contributed by atoms with van der Waals surface area (Å²) in [5.74, 6) is 6.50. The number of aliphatic hydroxyl groups is 1. The fourth-order valence-electron chi connectivity index (χ4n) is 5.00. The van der Waals surface area contributed by atoms with Crippen molar-refractivity contribution in [3.05, 3.63) is 65.5 Å². The standard InChI is InChI=1S/C11H16O.C8H17NO2S.C8H17NS.C7H12N2O2.C7H11NO2/c1-9(2)12-8-11-6-4-10(3)5-7-11;1-8(2)7-9-3-5-12(10,11)6-4-9;1-8(2)7-9-3-5-10-6-4-9;1-5(2)10-4-7-9-8-6(3)11-7;1-5(2)6(9)7-8-3-4-10-7/h4-7,9H,8H2,1-3H3;8H,3-7H2,1-2H3;8H,3-7H2,1-2H3;5H,4H2,1-3H3;3-6,9H,1-2H3. The van der Waals surface area contributed by atoms with Crippen LogP contribution in [-0.2, 0) is 32.5 Å². The van der Waals surface area contributed by atoms with E-state index >= 15 is 0 Å². The molecule has 1 N–H and O–H groups in total. The Labute approximate surface area is 337 Å². The van der Waals surface area contributed by atoms with Crippen LogP contribution in [0.25, 0.3) is 0 Å². The highest BCUT2D eigenvalue weighted by atomic mass is 32.2. The summed E-state index contributed by atoms with van der Waals surface area (Å²) < 4.78 is 42.8. The van der Waals surface area contributed by atoms with Gasteiger partial charge in [0.15, 0.2) is 9.84 Å². The monoisotopic (exact) mass is 811 g/mol. The highest BCUT2D eigenvalue weighted by Gasteiger charge is 2.21. The third-order valence-corrected chi connectivity index (χ3v) is 10.5. The smallest absolute Gasteiger partial charge is 0.242 e. The molecule has 55 heavy (non-hydrogen) atoms. The lowest BCUT2D eigenvalue weighted by atomic mass is 10.1. The minimum Gasteiger partial charge on any atom is -0.446 e. The van der Waals surface area contributed by atoms with Gasteiger partial charge in [0.05, 0.1) is 36.5 Å². The molecule has 0 amide bonds. The number of hydrogen-bond acceptors (Lipinski definition) is 13. The number of sulfone groups is 1. The maximum atomic E-state index is 11.1. The molecule has 0 saturated carbocycles. The molecule has 2 aromatic heterocycles. The van der Waals surface area contributed by atoms with Gasteiger partial charge in [-0.15, -0.1) is 10.2 Å². The quantitative estimate of drug-likeness (QED) is 0.191. The van der Waals surface area contributed by atoms with Gasteiger partial charge in [0, 0.05) is 57.7 Å². The van der Waals surface area contributed by atoms with E-state index in [1.807, 2.05) is 41.5 Å². The lowest BCUT2D eigenvalue weighted by Gasteiger charge is -2.27. The third-order valence-electron chi connectivity index (χ3n) is 7.94. The summed E-state index contributed by atoms with van der Waals surface area (Å²) in [4.78, 5) is 8.62. The van der Waals surface area contributed by atoms with Crippen molar-refractivity contribution < 1.29 is 31.8 Å². The van der Waals surface area contributed by atoms with Crippen LogP contribution < -0.4 is 0 Å². The molecule has 12 nitrogen and oxygen atoms in total. The van der Waals surface area contributed by atoms with Crippen molar-refractivity contribution in [3.63, 3.8) is 0 Å². The number of benzene rings is 1. The summed E-state index contributed by atoms with van der Waals surface area (Å²) in [6.45, 7) is 32.1. The van der Waals surface area contributed by atoms with Crippen molar-refractivity contribution in [1.82, 2.24) is 25.0 Å². The molecular formula is C41H73N5O7S2. The van der Waals surface area contributed by atoms with Crippen LogP contribution in [0.4, 0.5) is 0 Å². The average molecular weight is 812 g/mol. The van der Waals surface area contributed by atoms with Crippen LogP contribution in [0.2, 0.25) is 0 Å². The lowest BCUT2D eigenvalue weighted by Crippen LogP contribution is -2.41. The Balaban J connectivity index is 0.000000344. The van der Waals surface area contributed by atoms with Crippen molar-refractivity contribution in [2.75, 3.05) is 62.3 Å². The van der Waals surface area contributed by atoms with Gasteiger partial charge in [0.2, 0.25) is 17.7 Å². The van der Waals surface area contributed by atoms with Crippen LogP contribution in [0.1, 0.15) is 104 Å². The van der Waals surface area contributed by atoms with Crippen LogP contribution in [0.3, 0.4) is 0 Å².